The summed E-state index contributed by atoms with van der Waals surface area (Å²) in [5, 5.41) is 5.27. The third-order valence-electron chi connectivity index (χ3n) is 4.12. The molecule has 156 valence electrons. The van der Waals surface area contributed by atoms with Crippen molar-refractivity contribution in [1.29, 1.82) is 0 Å². The smallest absolute Gasteiger partial charge is 0.348 e. The van der Waals surface area contributed by atoms with Crippen LogP contribution in [0.15, 0.2) is 29.2 Å². The molecule has 0 fully saturated rings. The van der Waals surface area contributed by atoms with Crippen LogP contribution in [0.5, 0.6) is 0 Å². The maximum absolute atomic E-state index is 12.7. The number of benzene rings is 1. The van der Waals surface area contributed by atoms with E-state index < -0.39 is 27.6 Å². The van der Waals surface area contributed by atoms with Gasteiger partial charge < -0.3 is 15.4 Å². The number of thiophene rings is 1. The van der Waals surface area contributed by atoms with Crippen LogP contribution < -0.4 is 10.6 Å². The second kappa shape index (κ2) is 9.19. The molecule has 0 spiro atoms. The number of hydrogen-bond acceptors (Lipinski definition) is 7. The van der Waals surface area contributed by atoms with E-state index in [0.29, 0.717) is 5.56 Å². The summed E-state index contributed by atoms with van der Waals surface area (Å²) >= 11 is 0.930. The van der Waals surface area contributed by atoms with Crippen LogP contribution >= 0.6 is 11.3 Å². The van der Waals surface area contributed by atoms with Crippen molar-refractivity contribution in [3.8, 4) is 0 Å². The second-order valence-electron chi connectivity index (χ2n) is 5.95. The van der Waals surface area contributed by atoms with E-state index >= 15 is 0 Å². The van der Waals surface area contributed by atoms with Crippen molar-refractivity contribution in [2.45, 2.75) is 25.7 Å². The van der Waals surface area contributed by atoms with Gasteiger partial charge in [0.05, 0.1) is 22.8 Å². The molecule has 2 rings (SSSR count). The van der Waals surface area contributed by atoms with Gasteiger partial charge in [-0.2, -0.15) is 0 Å². The van der Waals surface area contributed by atoms with E-state index in [0.717, 1.165) is 11.3 Å². The number of rotatable bonds is 7. The van der Waals surface area contributed by atoms with Crippen LogP contribution in [0.3, 0.4) is 0 Å². The van der Waals surface area contributed by atoms with Gasteiger partial charge in [-0.3, -0.25) is 9.59 Å². The van der Waals surface area contributed by atoms with Crippen LogP contribution in [-0.4, -0.2) is 45.6 Å². The Morgan fingerprint density at radius 2 is 1.83 bits per heavy atom. The Morgan fingerprint density at radius 1 is 1.14 bits per heavy atom. The fraction of sp³-hybridized carbons (Fsp3) is 0.316. The summed E-state index contributed by atoms with van der Waals surface area (Å²) in [5.41, 5.74) is 0.669. The molecule has 8 nitrogen and oxygen atoms in total. The van der Waals surface area contributed by atoms with Gasteiger partial charge in [0.15, 0.2) is 9.84 Å². The fourth-order valence-corrected chi connectivity index (χ4v) is 4.58. The van der Waals surface area contributed by atoms with Crippen LogP contribution in [0, 0.1) is 6.92 Å². The normalized spacial score (nSPS) is 11.0. The summed E-state index contributed by atoms with van der Waals surface area (Å²) in [7, 11) is -2.04. The zero-order valence-electron chi connectivity index (χ0n) is 16.5. The highest BCUT2D eigenvalue weighted by Crippen LogP contribution is 2.34. The van der Waals surface area contributed by atoms with Crippen molar-refractivity contribution in [2.75, 3.05) is 24.7 Å². The molecule has 0 aliphatic heterocycles. The molecule has 1 aromatic carbocycles. The fourth-order valence-electron chi connectivity index (χ4n) is 2.56. The van der Waals surface area contributed by atoms with E-state index in [-0.39, 0.29) is 38.3 Å². The van der Waals surface area contributed by atoms with E-state index in [4.69, 9.17) is 4.74 Å². The van der Waals surface area contributed by atoms with Crippen LogP contribution in [0.4, 0.5) is 5.00 Å². The topological polar surface area (TPSA) is 119 Å². The van der Waals surface area contributed by atoms with E-state index in [9.17, 15) is 22.8 Å². The summed E-state index contributed by atoms with van der Waals surface area (Å²) in [6.45, 7) is 4.95. The molecule has 0 atom stereocenters. The molecule has 0 aliphatic rings. The van der Waals surface area contributed by atoms with Crippen molar-refractivity contribution in [3.63, 3.8) is 0 Å². The summed E-state index contributed by atoms with van der Waals surface area (Å²) in [5.74, 6) is -1.74. The molecule has 2 aromatic rings. The van der Waals surface area contributed by atoms with Crippen LogP contribution in [0.25, 0.3) is 0 Å². The van der Waals surface area contributed by atoms with Gasteiger partial charge in [0, 0.05) is 12.6 Å². The van der Waals surface area contributed by atoms with Gasteiger partial charge in [0.25, 0.3) is 11.8 Å². The van der Waals surface area contributed by atoms with E-state index in [1.807, 2.05) is 0 Å². The van der Waals surface area contributed by atoms with Crippen molar-refractivity contribution in [2.24, 2.45) is 0 Å². The molecule has 0 bridgehead atoms. The summed E-state index contributed by atoms with van der Waals surface area (Å²) in [4.78, 5) is 37.4. The molecule has 2 amide bonds. The minimum atomic E-state index is -3.48. The standard InChI is InChI=1S/C19H22N2O6S2/c1-5-27-19(24)15-11(3)14(17(23)20-4)18(28-15)21-16(22)12-8-7-9-13(10-12)29(25,26)6-2/h7-10H,5-6H2,1-4H3,(H,20,23)(H,21,22). The van der Waals surface area contributed by atoms with Gasteiger partial charge in [-0.15, -0.1) is 11.3 Å². The van der Waals surface area contributed by atoms with Crippen LogP contribution in [0.1, 0.15) is 49.8 Å². The highest BCUT2D eigenvalue weighted by atomic mass is 32.2. The lowest BCUT2D eigenvalue weighted by Crippen LogP contribution is -2.21. The first-order valence-corrected chi connectivity index (χ1v) is 11.3. The maximum atomic E-state index is 12.7. The molecule has 1 heterocycles. The lowest BCUT2D eigenvalue weighted by atomic mass is 10.1. The Hall–Kier alpha value is -2.72. The summed E-state index contributed by atoms with van der Waals surface area (Å²) in [6, 6.07) is 5.64. The number of ether oxygens (including phenoxy) is 1. The average molecular weight is 439 g/mol. The lowest BCUT2D eigenvalue weighted by molar-refractivity contribution is 0.0531. The molecule has 1 aromatic heterocycles. The van der Waals surface area contributed by atoms with Crippen molar-refractivity contribution in [1.82, 2.24) is 5.32 Å². The average Bonchev–Trinajstić information content (AvgIpc) is 3.03. The molecule has 10 heteroatoms. The third-order valence-corrected chi connectivity index (χ3v) is 7.04. The number of amides is 2. The lowest BCUT2D eigenvalue weighted by Gasteiger charge is -2.08. The van der Waals surface area contributed by atoms with Crippen molar-refractivity contribution < 1.29 is 27.5 Å². The third kappa shape index (κ3) is 4.83. The first-order chi connectivity index (χ1) is 13.7. The summed E-state index contributed by atoms with van der Waals surface area (Å²) < 4.78 is 29.1. The quantitative estimate of drug-likeness (QED) is 0.642. The monoisotopic (exact) mass is 438 g/mol. The predicted molar refractivity (Wildman–Crippen MR) is 111 cm³/mol. The van der Waals surface area contributed by atoms with E-state index in [2.05, 4.69) is 10.6 Å². The summed E-state index contributed by atoms with van der Waals surface area (Å²) in [6.07, 6.45) is 0. The number of anilines is 1. The maximum Gasteiger partial charge on any atom is 0.348 e. The molecule has 0 unspecified atom stereocenters. The molecule has 0 aliphatic carbocycles. The second-order valence-corrected chi connectivity index (χ2v) is 9.24. The van der Waals surface area contributed by atoms with Crippen molar-refractivity contribution >= 4 is 44.0 Å². The van der Waals surface area contributed by atoms with Gasteiger partial charge in [0.1, 0.15) is 9.88 Å². The van der Waals surface area contributed by atoms with E-state index in [1.54, 1.807) is 13.8 Å². The highest BCUT2D eigenvalue weighted by molar-refractivity contribution is 7.91. The number of sulfone groups is 1. The first-order valence-electron chi connectivity index (χ1n) is 8.83. The Labute approximate surface area is 173 Å². The van der Waals surface area contributed by atoms with Gasteiger partial charge in [0.2, 0.25) is 0 Å². The Morgan fingerprint density at radius 3 is 2.41 bits per heavy atom. The first kappa shape index (κ1) is 22.6. The molecule has 0 radical (unpaired) electrons. The van der Waals surface area contributed by atoms with Crippen LogP contribution in [0.2, 0.25) is 0 Å². The SMILES string of the molecule is CCOC(=O)c1sc(NC(=O)c2cccc(S(=O)(=O)CC)c2)c(C(=O)NC)c1C. The molecular formula is C19H22N2O6S2. The van der Waals surface area contributed by atoms with E-state index in [1.165, 1.54) is 38.2 Å². The van der Waals surface area contributed by atoms with Crippen molar-refractivity contribution in [3.05, 3.63) is 45.8 Å². The zero-order chi connectivity index (χ0) is 21.8. The molecule has 0 saturated carbocycles. The number of carbonyl (C=O) groups is 3. The highest BCUT2D eigenvalue weighted by Gasteiger charge is 2.26. The Kier molecular flexibility index (Phi) is 7.15. The number of carbonyl (C=O) groups excluding carboxylic acids is 3. The number of nitrogens with one attached hydrogen (secondary N) is 2. The number of hydrogen-bond donors (Lipinski definition) is 2. The molecule has 29 heavy (non-hydrogen) atoms. The number of esters is 1. The molecular weight excluding hydrogens is 416 g/mol. The van der Waals surface area contributed by atoms with Gasteiger partial charge in [-0.25, -0.2) is 13.2 Å². The Bertz CT molecular complexity index is 1060. The van der Waals surface area contributed by atoms with Crippen LogP contribution in [-0.2, 0) is 14.6 Å². The zero-order valence-corrected chi connectivity index (χ0v) is 18.1. The van der Waals surface area contributed by atoms with Gasteiger partial charge in [-0.1, -0.05) is 13.0 Å². The molecule has 2 N–H and O–H groups in total. The largest absolute Gasteiger partial charge is 0.462 e. The molecule has 0 saturated heterocycles. The Balaban J connectivity index is 2.44. The predicted octanol–water partition coefficient (Wildman–Crippen LogP) is 2.64. The minimum absolute atomic E-state index is 0.0359. The minimum Gasteiger partial charge on any atom is -0.462 e. The van der Waals surface area contributed by atoms with Gasteiger partial charge in [-0.05, 0) is 37.6 Å². The van der Waals surface area contributed by atoms with Gasteiger partial charge >= 0.3 is 5.97 Å².